The second-order valence-electron chi connectivity index (χ2n) is 5.39. The van der Waals surface area contributed by atoms with E-state index in [0.717, 1.165) is 44.9 Å². The lowest BCUT2D eigenvalue weighted by molar-refractivity contribution is -0.623. The summed E-state index contributed by atoms with van der Waals surface area (Å²) in [5.41, 5.74) is -0.0780. The van der Waals surface area contributed by atoms with Crippen LogP contribution in [0.1, 0.15) is 44.9 Å². The van der Waals surface area contributed by atoms with Crippen molar-refractivity contribution in [3.05, 3.63) is 34.4 Å². The molecule has 0 atom stereocenters. The molecule has 0 aliphatic heterocycles. The van der Waals surface area contributed by atoms with Crippen molar-refractivity contribution in [2.45, 2.75) is 44.9 Å². The SMILES string of the molecule is O=C(OCCCCCCCCCOOOO)Oc1ccc([N+](=O)[O-])cc1. The van der Waals surface area contributed by atoms with Crippen LogP contribution >= 0.6 is 0 Å². The Kier molecular flexibility index (Phi) is 11.7. The third-order valence-corrected chi connectivity index (χ3v) is 3.42. The van der Waals surface area contributed by atoms with Gasteiger partial charge >= 0.3 is 6.16 Å². The van der Waals surface area contributed by atoms with E-state index < -0.39 is 11.1 Å². The number of nitro benzene ring substituents is 1. The van der Waals surface area contributed by atoms with Gasteiger partial charge in [0, 0.05) is 12.1 Å². The molecule has 26 heavy (non-hydrogen) atoms. The number of carbonyl (C=O) groups is 1. The third-order valence-electron chi connectivity index (χ3n) is 3.42. The average molecular weight is 373 g/mol. The van der Waals surface area contributed by atoms with E-state index in [0.29, 0.717) is 6.61 Å². The van der Waals surface area contributed by atoms with E-state index >= 15 is 0 Å². The van der Waals surface area contributed by atoms with E-state index in [9.17, 15) is 14.9 Å². The Hall–Kier alpha value is -2.27. The molecule has 1 rings (SSSR count). The van der Waals surface area contributed by atoms with Crippen LogP contribution in [0.3, 0.4) is 0 Å². The Bertz CT molecular complexity index is 521. The van der Waals surface area contributed by atoms with E-state index in [2.05, 4.69) is 15.0 Å². The highest BCUT2D eigenvalue weighted by Crippen LogP contribution is 2.17. The van der Waals surface area contributed by atoms with Gasteiger partial charge in [0.2, 0.25) is 0 Å². The summed E-state index contributed by atoms with van der Waals surface area (Å²) >= 11 is 0. The number of non-ortho nitro benzene ring substituents is 1. The summed E-state index contributed by atoms with van der Waals surface area (Å²) in [4.78, 5) is 25.9. The van der Waals surface area contributed by atoms with Crippen LogP contribution in [0.4, 0.5) is 10.5 Å². The largest absolute Gasteiger partial charge is 0.513 e. The lowest BCUT2D eigenvalue weighted by Crippen LogP contribution is -2.11. The number of nitrogens with zero attached hydrogens (tertiary/aromatic N) is 1. The van der Waals surface area contributed by atoms with Gasteiger partial charge in [-0.3, -0.25) is 10.1 Å². The molecule has 10 heteroatoms. The van der Waals surface area contributed by atoms with Crippen molar-refractivity contribution in [3.8, 4) is 5.75 Å². The number of nitro groups is 1. The predicted octanol–water partition coefficient (Wildman–Crippen LogP) is 4.19. The molecule has 0 spiro atoms. The van der Waals surface area contributed by atoms with Crippen molar-refractivity contribution in [2.75, 3.05) is 13.2 Å². The second kappa shape index (κ2) is 14.0. The summed E-state index contributed by atoms with van der Waals surface area (Å²) in [5.74, 6) is 0.195. The molecule has 0 heterocycles. The van der Waals surface area contributed by atoms with E-state index in [1.165, 1.54) is 24.3 Å². The van der Waals surface area contributed by atoms with Gasteiger partial charge in [0.1, 0.15) is 5.75 Å². The highest BCUT2D eigenvalue weighted by Gasteiger charge is 2.08. The van der Waals surface area contributed by atoms with Gasteiger partial charge in [-0.2, -0.15) is 0 Å². The lowest BCUT2D eigenvalue weighted by atomic mass is 10.1. The van der Waals surface area contributed by atoms with Gasteiger partial charge in [-0.25, -0.2) is 14.9 Å². The maximum atomic E-state index is 11.5. The lowest BCUT2D eigenvalue weighted by Gasteiger charge is -2.06. The molecule has 10 nitrogen and oxygen atoms in total. The van der Waals surface area contributed by atoms with Gasteiger partial charge in [0.05, 0.1) is 18.1 Å². The summed E-state index contributed by atoms with van der Waals surface area (Å²) < 4.78 is 9.87. The molecule has 0 aliphatic rings. The summed E-state index contributed by atoms with van der Waals surface area (Å²) in [7, 11) is 0. The first-order chi connectivity index (χ1) is 12.6. The second-order valence-corrected chi connectivity index (χ2v) is 5.39. The summed E-state index contributed by atoms with van der Waals surface area (Å²) in [6, 6.07) is 5.19. The molecule has 0 radical (unpaired) electrons. The standard InChI is InChI=1S/C16H23NO9/c18-16(24-15-10-8-14(9-11-15)17(19)20)22-12-6-4-2-1-3-5-7-13-23-26-25-21/h8-11,21H,1-7,12-13H2. The molecule has 0 fully saturated rings. The monoisotopic (exact) mass is 373 g/mol. The van der Waals surface area contributed by atoms with Crippen molar-refractivity contribution >= 4 is 11.8 Å². The maximum absolute atomic E-state index is 11.5. The molecule has 0 saturated heterocycles. The number of hydrogen-bond donors (Lipinski definition) is 1. The predicted molar refractivity (Wildman–Crippen MR) is 88.1 cm³/mol. The maximum Gasteiger partial charge on any atom is 0.513 e. The molecule has 0 bridgehead atoms. The van der Waals surface area contributed by atoms with Crippen molar-refractivity contribution in [1.29, 1.82) is 0 Å². The van der Waals surface area contributed by atoms with E-state index in [-0.39, 0.29) is 18.0 Å². The van der Waals surface area contributed by atoms with Gasteiger partial charge < -0.3 is 9.47 Å². The zero-order valence-electron chi connectivity index (χ0n) is 14.3. The Balaban J connectivity index is 1.96. The van der Waals surface area contributed by atoms with E-state index in [1.54, 1.807) is 0 Å². The minimum atomic E-state index is -0.826. The number of unbranched alkanes of at least 4 members (excludes halogenated alkanes) is 6. The Morgan fingerprint density at radius 3 is 2.12 bits per heavy atom. The molecule has 0 unspecified atom stereocenters. The van der Waals surface area contributed by atoms with Crippen LogP contribution in [0, 0.1) is 10.1 Å². The quantitative estimate of drug-likeness (QED) is 0.127. The Morgan fingerprint density at radius 1 is 0.962 bits per heavy atom. The molecular formula is C16H23NO9. The zero-order valence-corrected chi connectivity index (χ0v) is 14.3. The van der Waals surface area contributed by atoms with Crippen molar-refractivity contribution in [3.63, 3.8) is 0 Å². The summed E-state index contributed by atoms with van der Waals surface area (Å²) in [5, 5.41) is 25.5. The molecular weight excluding hydrogens is 350 g/mol. The van der Waals surface area contributed by atoms with Crippen LogP contribution in [0.5, 0.6) is 5.75 Å². The van der Waals surface area contributed by atoms with Gasteiger partial charge in [0.15, 0.2) is 0 Å². The molecule has 1 N–H and O–H groups in total. The van der Waals surface area contributed by atoms with Crippen LogP contribution in [0.15, 0.2) is 24.3 Å². The fourth-order valence-corrected chi connectivity index (χ4v) is 2.12. The van der Waals surface area contributed by atoms with Crippen molar-refractivity contribution in [1.82, 2.24) is 0 Å². The Labute approximate surface area is 150 Å². The first-order valence-electron chi connectivity index (χ1n) is 8.32. The van der Waals surface area contributed by atoms with E-state index in [1.807, 2.05) is 0 Å². The first-order valence-corrected chi connectivity index (χ1v) is 8.32. The van der Waals surface area contributed by atoms with Gasteiger partial charge in [-0.1, -0.05) is 32.1 Å². The molecule has 0 saturated carbocycles. The smallest absolute Gasteiger partial charge is 0.434 e. The van der Waals surface area contributed by atoms with Crippen LogP contribution < -0.4 is 4.74 Å². The molecule has 1 aromatic rings. The average Bonchev–Trinajstić information content (AvgIpc) is 2.63. The first kappa shape index (κ1) is 21.8. The van der Waals surface area contributed by atoms with Gasteiger partial charge in [0.25, 0.3) is 5.69 Å². The topological polar surface area (TPSA) is 127 Å². The minimum Gasteiger partial charge on any atom is -0.434 e. The van der Waals surface area contributed by atoms with Crippen molar-refractivity contribution < 1.29 is 39.4 Å². The summed E-state index contributed by atoms with van der Waals surface area (Å²) in [6.07, 6.45) is 5.76. The molecule has 146 valence electrons. The fraction of sp³-hybridized carbons (Fsp3) is 0.562. The van der Waals surface area contributed by atoms with Crippen LogP contribution in [0.25, 0.3) is 0 Å². The van der Waals surface area contributed by atoms with Gasteiger partial charge in [-0.05, 0) is 35.1 Å². The number of hydrogen-bond acceptors (Lipinski definition) is 9. The van der Waals surface area contributed by atoms with Crippen LogP contribution in [0.2, 0.25) is 0 Å². The molecule has 0 amide bonds. The number of carbonyl (C=O) groups excluding carboxylic acids is 1. The number of ether oxygens (including phenoxy) is 2. The normalized spacial score (nSPS) is 10.5. The highest BCUT2D eigenvalue weighted by molar-refractivity contribution is 5.63. The van der Waals surface area contributed by atoms with Crippen LogP contribution in [-0.2, 0) is 19.7 Å². The third kappa shape index (κ3) is 10.6. The molecule has 0 aromatic heterocycles. The van der Waals surface area contributed by atoms with Gasteiger partial charge in [-0.15, -0.1) is 0 Å². The van der Waals surface area contributed by atoms with Crippen molar-refractivity contribution in [2.24, 2.45) is 0 Å². The Morgan fingerprint density at radius 2 is 1.54 bits per heavy atom. The van der Waals surface area contributed by atoms with E-state index in [4.69, 9.17) is 14.7 Å². The molecule has 1 aromatic carbocycles. The zero-order chi connectivity index (χ0) is 19.0. The number of rotatable bonds is 14. The highest BCUT2D eigenvalue weighted by atomic mass is 17.6. The fourth-order valence-electron chi connectivity index (χ4n) is 2.12. The number of benzene rings is 1. The van der Waals surface area contributed by atoms with Crippen LogP contribution in [-0.4, -0.2) is 29.5 Å². The minimum absolute atomic E-state index is 0.0780. The molecule has 0 aliphatic carbocycles. The summed E-state index contributed by atoms with van der Waals surface area (Å²) in [6.45, 7) is 0.615.